The molecule has 1 aromatic rings. The first-order chi connectivity index (χ1) is 8.03. The van der Waals surface area contributed by atoms with Crippen LogP contribution in [-0.4, -0.2) is 38.1 Å². The fourth-order valence-electron chi connectivity index (χ4n) is 1.98. The highest BCUT2D eigenvalue weighted by atomic mass is 32.2. The molecule has 6 heteroatoms. The van der Waals surface area contributed by atoms with Gasteiger partial charge in [-0.15, -0.1) is 0 Å². The number of nitrogens with zero attached hydrogens (tertiary/aromatic N) is 1. The Morgan fingerprint density at radius 1 is 1.29 bits per heavy atom. The first kappa shape index (κ1) is 12.3. The Bertz CT molecular complexity index is 501. The first-order valence-corrected chi connectivity index (χ1v) is 7.19. The predicted molar refractivity (Wildman–Crippen MR) is 63.2 cm³/mol. The van der Waals surface area contributed by atoms with Crippen LogP contribution in [0.2, 0.25) is 0 Å². The summed E-state index contributed by atoms with van der Waals surface area (Å²) in [6, 6.07) is 4.49. The molecular weight excluding hydrogens is 245 g/mol. The Hall–Kier alpha value is -1.14. The fourth-order valence-corrected chi connectivity index (χ4v) is 3.18. The first-order valence-electron chi connectivity index (χ1n) is 5.37. The molecule has 0 aliphatic carbocycles. The molecule has 0 amide bonds. The van der Waals surface area contributed by atoms with Gasteiger partial charge in [-0.2, -0.15) is 0 Å². The van der Waals surface area contributed by atoms with E-state index in [1.54, 1.807) is 11.0 Å². The number of sulfone groups is 1. The Morgan fingerprint density at radius 3 is 2.53 bits per heavy atom. The molecule has 1 saturated heterocycles. The number of rotatable bonds is 2. The average molecular weight is 259 g/mol. The van der Waals surface area contributed by atoms with Gasteiger partial charge in [0, 0.05) is 18.7 Å². The van der Waals surface area contributed by atoms with Gasteiger partial charge >= 0.3 is 0 Å². The largest absolute Gasteiger partial charge is 0.392 e. The van der Waals surface area contributed by atoms with E-state index in [0.29, 0.717) is 11.3 Å². The molecule has 0 aromatic heterocycles. The van der Waals surface area contributed by atoms with Crippen molar-refractivity contribution in [3.8, 4) is 0 Å². The molecule has 1 aliphatic rings. The van der Waals surface area contributed by atoms with Gasteiger partial charge in [0.2, 0.25) is 0 Å². The van der Waals surface area contributed by atoms with Crippen molar-refractivity contribution in [1.29, 1.82) is 0 Å². The topological polar surface area (TPSA) is 57.6 Å². The molecule has 4 nitrogen and oxygen atoms in total. The van der Waals surface area contributed by atoms with Crippen molar-refractivity contribution in [2.45, 2.75) is 6.61 Å². The number of anilines is 1. The van der Waals surface area contributed by atoms with Crippen molar-refractivity contribution >= 4 is 15.5 Å². The molecule has 1 heterocycles. The van der Waals surface area contributed by atoms with Gasteiger partial charge in [-0.05, 0) is 6.07 Å². The van der Waals surface area contributed by atoms with Crippen molar-refractivity contribution in [2.75, 3.05) is 29.5 Å². The smallest absolute Gasteiger partial charge is 0.153 e. The third-order valence-electron chi connectivity index (χ3n) is 2.90. The monoisotopic (exact) mass is 259 g/mol. The summed E-state index contributed by atoms with van der Waals surface area (Å²) in [6.45, 7) is 0.295. The summed E-state index contributed by atoms with van der Waals surface area (Å²) in [5.41, 5.74) is 0.814. The van der Waals surface area contributed by atoms with Crippen LogP contribution < -0.4 is 4.90 Å². The van der Waals surface area contributed by atoms with E-state index in [1.165, 1.54) is 12.1 Å². The van der Waals surface area contributed by atoms with E-state index in [-0.39, 0.29) is 31.2 Å². The molecule has 2 rings (SSSR count). The standard InChI is InChI=1S/C11H14FNO3S/c12-10-3-1-2-9(8-14)11(10)13-4-6-17(15,16)7-5-13/h1-3,14H,4-8H2. The van der Waals surface area contributed by atoms with Gasteiger partial charge in [0.25, 0.3) is 0 Å². The van der Waals surface area contributed by atoms with Crippen molar-refractivity contribution in [3.05, 3.63) is 29.6 Å². The van der Waals surface area contributed by atoms with Gasteiger partial charge in [0.15, 0.2) is 9.84 Å². The van der Waals surface area contributed by atoms with Crippen LogP contribution in [0.1, 0.15) is 5.56 Å². The molecular formula is C11H14FNO3S. The van der Waals surface area contributed by atoms with Gasteiger partial charge in [0.05, 0.1) is 23.8 Å². The predicted octanol–water partition coefficient (Wildman–Crippen LogP) is 0.553. The molecule has 17 heavy (non-hydrogen) atoms. The molecule has 0 unspecified atom stereocenters. The van der Waals surface area contributed by atoms with Crippen LogP contribution in [0, 0.1) is 5.82 Å². The molecule has 1 aromatic carbocycles. The van der Waals surface area contributed by atoms with Crippen LogP contribution in [0.5, 0.6) is 0 Å². The molecule has 1 fully saturated rings. The SMILES string of the molecule is O=S1(=O)CCN(c2c(F)cccc2CO)CC1. The van der Waals surface area contributed by atoms with E-state index < -0.39 is 15.7 Å². The quantitative estimate of drug-likeness (QED) is 0.843. The maximum absolute atomic E-state index is 13.7. The number of para-hydroxylation sites is 1. The van der Waals surface area contributed by atoms with Crippen molar-refractivity contribution in [1.82, 2.24) is 0 Å². The highest BCUT2D eigenvalue weighted by molar-refractivity contribution is 7.91. The summed E-state index contributed by atoms with van der Waals surface area (Å²) in [4.78, 5) is 1.68. The molecule has 1 aliphatic heterocycles. The molecule has 0 saturated carbocycles. The lowest BCUT2D eigenvalue weighted by molar-refractivity contribution is 0.281. The number of aliphatic hydroxyl groups excluding tert-OH is 1. The van der Waals surface area contributed by atoms with Crippen LogP contribution in [0.4, 0.5) is 10.1 Å². The maximum Gasteiger partial charge on any atom is 0.153 e. The summed E-state index contributed by atoms with van der Waals surface area (Å²) in [7, 11) is -2.98. The Morgan fingerprint density at radius 2 is 1.94 bits per heavy atom. The molecule has 0 atom stereocenters. The Balaban J connectivity index is 2.29. The summed E-state index contributed by atoms with van der Waals surface area (Å²) in [5, 5.41) is 9.16. The lowest BCUT2D eigenvalue weighted by Crippen LogP contribution is -2.41. The van der Waals surface area contributed by atoms with Gasteiger partial charge in [0.1, 0.15) is 5.82 Å². The zero-order valence-electron chi connectivity index (χ0n) is 9.26. The minimum absolute atomic E-state index is 0.0339. The van der Waals surface area contributed by atoms with Crippen molar-refractivity contribution in [3.63, 3.8) is 0 Å². The minimum atomic E-state index is -2.98. The second-order valence-electron chi connectivity index (χ2n) is 4.04. The lowest BCUT2D eigenvalue weighted by atomic mass is 10.1. The summed E-state index contributed by atoms with van der Waals surface area (Å²) < 4.78 is 36.3. The second-order valence-corrected chi connectivity index (χ2v) is 6.35. The van der Waals surface area contributed by atoms with E-state index >= 15 is 0 Å². The van der Waals surface area contributed by atoms with Crippen LogP contribution in [0.25, 0.3) is 0 Å². The summed E-state index contributed by atoms with van der Waals surface area (Å²) in [5.74, 6) is -0.353. The zero-order valence-corrected chi connectivity index (χ0v) is 10.1. The van der Waals surface area contributed by atoms with E-state index in [4.69, 9.17) is 5.11 Å². The van der Waals surface area contributed by atoms with Gasteiger partial charge < -0.3 is 10.0 Å². The average Bonchev–Trinajstić information content (AvgIpc) is 2.29. The fraction of sp³-hybridized carbons (Fsp3) is 0.455. The van der Waals surface area contributed by atoms with Crippen LogP contribution in [0.15, 0.2) is 18.2 Å². The van der Waals surface area contributed by atoms with Gasteiger partial charge in [-0.3, -0.25) is 0 Å². The molecule has 0 radical (unpaired) electrons. The zero-order chi connectivity index (χ0) is 12.5. The summed E-state index contributed by atoms with van der Waals surface area (Å²) in [6.07, 6.45) is 0. The summed E-state index contributed by atoms with van der Waals surface area (Å²) >= 11 is 0. The van der Waals surface area contributed by atoms with E-state index in [2.05, 4.69) is 0 Å². The van der Waals surface area contributed by atoms with Gasteiger partial charge in [-0.1, -0.05) is 12.1 Å². The third kappa shape index (κ3) is 2.58. The number of aliphatic hydroxyl groups is 1. The second kappa shape index (κ2) is 4.62. The molecule has 1 N–H and O–H groups in total. The number of hydrogen-bond donors (Lipinski definition) is 1. The normalized spacial score (nSPS) is 19.3. The van der Waals surface area contributed by atoms with Crippen LogP contribution in [-0.2, 0) is 16.4 Å². The number of hydrogen-bond acceptors (Lipinski definition) is 4. The minimum Gasteiger partial charge on any atom is -0.392 e. The molecule has 0 spiro atoms. The van der Waals surface area contributed by atoms with Gasteiger partial charge in [-0.25, -0.2) is 12.8 Å². The maximum atomic E-state index is 13.7. The van der Waals surface area contributed by atoms with Crippen molar-refractivity contribution in [2.24, 2.45) is 0 Å². The highest BCUT2D eigenvalue weighted by Crippen LogP contribution is 2.26. The van der Waals surface area contributed by atoms with E-state index in [1.807, 2.05) is 0 Å². The highest BCUT2D eigenvalue weighted by Gasteiger charge is 2.24. The third-order valence-corrected chi connectivity index (χ3v) is 4.51. The number of benzene rings is 1. The lowest BCUT2D eigenvalue weighted by Gasteiger charge is -2.30. The Labute approximate surface area is 99.6 Å². The van der Waals surface area contributed by atoms with Crippen LogP contribution >= 0.6 is 0 Å². The molecule has 0 bridgehead atoms. The number of halogens is 1. The molecule has 94 valence electrons. The van der Waals surface area contributed by atoms with Crippen molar-refractivity contribution < 1.29 is 17.9 Å². The Kier molecular flexibility index (Phi) is 3.35. The van der Waals surface area contributed by atoms with Crippen LogP contribution in [0.3, 0.4) is 0 Å². The van der Waals surface area contributed by atoms with E-state index in [0.717, 1.165) is 0 Å². The van der Waals surface area contributed by atoms with E-state index in [9.17, 15) is 12.8 Å².